The summed E-state index contributed by atoms with van der Waals surface area (Å²) >= 11 is 0. The summed E-state index contributed by atoms with van der Waals surface area (Å²) in [6.45, 7) is 0. The number of rotatable bonds is 5. The first-order valence-corrected chi connectivity index (χ1v) is 7.09. The number of benzene rings is 2. The van der Waals surface area contributed by atoms with Crippen molar-refractivity contribution in [1.82, 2.24) is 9.97 Å². The van der Waals surface area contributed by atoms with Crippen LogP contribution in [0.5, 0.6) is 5.75 Å². The van der Waals surface area contributed by atoms with Crippen molar-refractivity contribution in [3.63, 3.8) is 0 Å². The molecule has 3 aromatic rings. The van der Waals surface area contributed by atoms with Gasteiger partial charge >= 0.3 is 0 Å². The van der Waals surface area contributed by atoms with Crippen LogP contribution < -0.4 is 10.5 Å². The van der Waals surface area contributed by atoms with Gasteiger partial charge in [-0.15, -0.1) is 0 Å². The first-order valence-electron chi connectivity index (χ1n) is 7.09. The Labute approximate surface area is 124 Å². The minimum absolute atomic E-state index is 0.0939. The van der Waals surface area contributed by atoms with Crippen molar-refractivity contribution in [1.29, 1.82) is 0 Å². The van der Waals surface area contributed by atoms with Crippen LogP contribution in [0.25, 0.3) is 11.0 Å². The second-order valence-corrected chi connectivity index (χ2v) is 5.14. The SMILES string of the molecule is COc1ccc2nc(C(N)CCc3ccccc3)[nH]c2c1. The van der Waals surface area contributed by atoms with Crippen molar-refractivity contribution < 1.29 is 4.74 Å². The third kappa shape index (κ3) is 3.06. The molecule has 1 unspecified atom stereocenters. The summed E-state index contributed by atoms with van der Waals surface area (Å²) in [6, 6.07) is 16.1. The van der Waals surface area contributed by atoms with E-state index in [1.807, 2.05) is 36.4 Å². The van der Waals surface area contributed by atoms with Crippen molar-refractivity contribution in [2.75, 3.05) is 7.11 Å². The predicted molar refractivity (Wildman–Crippen MR) is 84.3 cm³/mol. The summed E-state index contributed by atoms with van der Waals surface area (Å²) < 4.78 is 5.22. The average Bonchev–Trinajstić information content (AvgIpc) is 2.96. The fourth-order valence-corrected chi connectivity index (χ4v) is 2.41. The summed E-state index contributed by atoms with van der Waals surface area (Å²) in [4.78, 5) is 7.85. The molecule has 108 valence electrons. The van der Waals surface area contributed by atoms with Gasteiger partial charge in [-0.2, -0.15) is 0 Å². The topological polar surface area (TPSA) is 63.9 Å². The summed E-state index contributed by atoms with van der Waals surface area (Å²) in [7, 11) is 1.66. The minimum Gasteiger partial charge on any atom is -0.497 e. The highest BCUT2D eigenvalue weighted by atomic mass is 16.5. The van der Waals surface area contributed by atoms with Gasteiger partial charge in [0.05, 0.1) is 24.2 Å². The Balaban J connectivity index is 1.73. The van der Waals surface area contributed by atoms with Crippen LogP contribution >= 0.6 is 0 Å². The number of ether oxygens (including phenoxy) is 1. The molecule has 0 saturated carbocycles. The fraction of sp³-hybridized carbons (Fsp3) is 0.235. The van der Waals surface area contributed by atoms with E-state index in [1.165, 1.54) is 5.56 Å². The molecule has 0 bridgehead atoms. The largest absolute Gasteiger partial charge is 0.497 e. The molecule has 21 heavy (non-hydrogen) atoms. The molecule has 0 aliphatic carbocycles. The zero-order chi connectivity index (χ0) is 14.7. The molecule has 1 atom stereocenters. The third-order valence-electron chi connectivity index (χ3n) is 3.65. The molecule has 3 N–H and O–H groups in total. The number of nitrogens with zero attached hydrogens (tertiary/aromatic N) is 1. The molecular weight excluding hydrogens is 262 g/mol. The minimum atomic E-state index is -0.0939. The molecule has 2 aromatic carbocycles. The van der Waals surface area contributed by atoms with Gasteiger partial charge in [0, 0.05) is 6.07 Å². The number of aromatic amines is 1. The van der Waals surface area contributed by atoms with E-state index in [1.54, 1.807) is 7.11 Å². The van der Waals surface area contributed by atoms with E-state index in [9.17, 15) is 0 Å². The monoisotopic (exact) mass is 281 g/mol. The predicted octanol–water partition coefficient (Wildman–Crippen LogP) is 3.20. The van der Waals surface area contributed by atoms with E-state index < -0.39 is 0 Å². The molecule has 0 saturated heterocycles. The van der Waals surface area contributed by atoms with Gasteiger partial charge in [0.2, 0.25) is 0 Å². The van der Waals surface area contributed by atoms with Crippen molar-refractivity contribution in [3.05, 3.63) is 59.9 Å². The van der Waals surface area contributed by atoms with Gasteiger partial charge in [-0.3, -0.25) is 0 Å². The molecule has 0 aliphatic rings. The molecule has 4 heteroatoms. The molecule has 4 nitrogen and oxygen atoms in total. The lowest BCUT2D eigenvalue weighted by atomic mass is 10.1. The molecule has 1 heterocycles. The number of hydrogen-bond acceptors (Lipinski definition) is 3. The Bertz CT molecular complexity index is 721. The normalized spacial score (nSPS) is 12.5. The van der Waals surface area contributed by atoms with Crippen LogP contribution in [0.2, 0.25) is 0 Å². The Kier molecular flexibility index (Phi) is 3.88. The Morgan fingerprint density at radius 2 is 2.00 bits per heavy atom. The Morgan fingerprint density at radius 3 is 2.76 bits per heavy atom. The highest BCUT2D eigenvalue weighted by Crippen LogP contribution is 2.22. The van der Waals surface area contributed by atoms with Gasteiger partial charge in [0.25, 0.3) is 0 Å². The maximum Gasteiger partial charge on any atom is 0.124 e. The molecular formula is C17H19N3O. The van der Waals surface area contributed by atoms with Gasteiger partial charge in [0.1, 0.15) is 11.6 Å². The number of aryl methyl sites for hydroxylation is 1. The lowest BCUT2D eigenvalue weighted by molar-refractivity contribution is 0.415. The molecule has 3 rings (SSSR count). The highest BCUT2D eigenvalue weighted by molar-refractivity contribution is 5.76. The smallest absolute Gasteiger partial charge is 0.124 e. The number of fused-ring (bicyclic) bond motifs is 1. The standard InChI is InChI=1S/C17H19N3O/c1-21-13-8-10-15-16(11-13)20-17(19-15)14(18)9-7-12-5-3-2-4-6-12/h2-6,8,10-11,14H,7,9,18H2,1H3,(H,19,20). The molecule has 1 aromatic heterocycles. The number of H-pyrrole nitrogens is 1. The maximum atomic E-state index is 6.25. The fourth-order valence-electron chi connectivity index (χ4n) is 2.41. The van der Waals surface area contributed by atoms with Gasteiger partial charge in [-0.1, -0.05) is 30.3 Å². The van der Waals surface area contributed by atoms with Crippen molar-refractivity contribution in [3.8, 4) is 5.75 Å². The van der Waals surface area contributed by atoms with Crippen LogP contribution in [0.3, 0.4) is 0 Å². The Morgan fingerprint density at radius 1 is 1.19 bits per heavy atom. The van der Waals surface area contributed by atoms with E-state index in [0.29, 0.717) is 0 Å². The second kappa shape index (κ2) is 5.97. The quantitative estimate of drug-likeness (QED) is 0.755. The van der Waals surface area contributed by atoms with E-state index in [2.05, 4.69) is 22.1 Å². The lowest BCUT2D eigenvalue weighted by Gasteiger charge is -2.08. The van der Waals surface area contributed by atoms with Gasteiger partial charge in [-0.05, 0) is 30.5 Å². The van der Waals surface area contributed by atoms with Crippen LogP contribution in [0.15, 0.2) is 48.5 Å². The molecule has 0 radical (unpaired) electrons. The van der Waals surface area contributed by atoms with Crippen molar-refractivity contribution in [2.45, 2.75) is 18.9 Å². The molecule has 0 aliphatic heterocycles. The van der Waals surface area contributed by atoms with E-state index in [-0.39, 0.29) is 6.04 Å². The number of methoxy groups -OCH3 is 1. The van der Waals surface area contributed by atoms with Crippen LogP contribution in [-0.2, 0) is 6.42 Å². The van der Waals surface area contributed by atoms with Crippen LogP contribution in [0, 0.1) is 0 Å². The Hall–Kier alpha value is -2.33. The zero-order valence-corrected chi connectivity index (χ0v) is 12.0. The van der Waals surface area contributed by atoms with Crippen LogP contribution in [0.4, 0.5) is 0 Å². The number of aromatic nitrogens is 2. The zero-order valence-electron chi connectivity index (χ0n) is 12.0. The number of nitrogens with one attached hydrogen (secondary N) is 1. The lowest BCUT2D eigenvalue weighted by Crippen LogP contribution is -2.13. The summed E-state index contributed by atoms with van der Waals surface area (Å²) in [5.41, 5.74) is 9.42. The van der Waals surface area contributed by atoms with Gasteiger partial charge in [-0.25, -0.2) is 4.98 Å². The van der Waals surface area contributed by atoms with E-state index >= 15 is 0 Å². The van der Waals surface area contributed by atoms with Crippen molar-refractivity contribution >= 4 is 11.0 Å². The van der Waals surface area contributed by atoms with Crippen molar-refractivity contribution in [2.24, 2.45) is 5.73 Å². The number of hydrogen-bond donors (Lipinski definition) is 2. The summed E-state index contributed by atoms with van der Waals surface area (Å²) in [5.74, 6) is 1.64. The van der Waals surface area contributed by atoms with Gasteiger partial charge < -0.3 is 15.5 Å². The molecule has 0 amide bonds. The first-order chi connectivity index (χ1) is 10.3. The second-order valence-electron chi connectivity index (χ2n) is 5.14. The van der Waals surface area contributed by atoms with Crippen LogP contribution in [-0.4, -0.2) is 17.1 Å². The number of nitrogens with two attached hydrogens (primary N) is 1. The summed E-state index contributed by atoms with van der Waals surface area (Å²) in [5, 5.41) is 0. The highest BCUT2D eigenvalue weighted by Gasteiger charge is 2.12. The molecule has 0 fully saturated rings. The number of imidazole rings is 1. The maximum absolute atomic E-state index is 6.25. The summed E-state index contributed by atoms with van der Waals surface area (Å²) in [6.07, 6.45) is 1.81. The third-order valence-corrected chi connectivity index (χ3v) is 3.65. The van der Waals surface area contributed by atoms with Crippen LogP contribution in [0.1, 0.15) is 23.9 Å². The van der Waals surface area contributed by atoms with Gasteiger partial charge in [0.15, 0.2) is 0 Å². The average molecular weight is 281 g/mol. The van der Waals surface area contributed by atoms with E-state index in [4.69, 9.17) is 10.5 Å². The molecule has 0 spiro atoms. The van der Waals surface area contributed by atoms with E-state index in [0.717, 1.165) is 35.4 Å². The first kappa shape index (κ1) is 13.6.